The van der Waals surface area contributed by atoms with E-state index < -0.39 is 0 Å². The fourth-order valence-corrected chi connectivity index (χ4v) is 3.85. The Bertz CT molecular complexity index is 668. The van der Waals surface area contributed by atoms with Crippen molar-refractivity contribution in [1.82, 2.24) is 19.6 Å². The predicted molar refractivity (Wildman–Crippen MR) is 94.9 cm³/mol. The number of nitrogens with zero attached hydrogens (tertiary/aromatic N) is 4. The molecule has 0 saturated carbocycles. The van der Waals surface area contributed by atoms with E-state index in [9.17, 15) is 4.79 Å². The number of methoxy groups -OCH3 is 1. The molecule has 0 bridgehead atoms. The van der Waals surface area contributed by atoms with Crippen LogP contribution in [0.3, 0.4) is 0 Å². The largest absolute Gasteiger partial charge is 0.468 e. The van der Waals surface area contributed by atoms with Crippen LogP contribution in [0, 0.1) is 0 Å². The Morgan fingerprint density at radius 1 is 1.29 bits per heavy atom. The zero-order valence-electron chi connectivity index (χ0n) is 14.3. The molecule has 0 aromatic carbocycles. The summed E-state index contributed by atoms with van der Waals surface area (Å²) in [6.45, 7) is 5.11. The van der Waals surface area contributed by atoms with Crippen LogP contribution in [0.25, 0.3) is 10.6 Å². The van der Waals surface area contributed by atoms with Gasteiger partial charge in [-0.2, -0.15) is 5.10 Å². The number of carbonyl (C=O) groups excluding carboxylic acids is 1. The van der Waals surface area contributed by atoms with E-state index in [0.29, 0.717) is 6.54 Å². The van der Waals surface area contributed by atoms with Crippen LogP contribution < -0.4 is 0 Å². The van der Waals surface area contributed by atoms with Gasteiger partial charge in [0.1, 0.15) is 5.69 Å². The first-order valence-electron chi connectivity index (χ1n) is 8.23. The minimum Gasteiger partial charge on any atom is -0.468 e. The normalized spacial score (nSPS) is 16.9. The molecule has 0 amide bonds. The van der Waals surface area contributed by atoms with Gasteiger partial charge in [-0.1, -0.05) is 6.07 Å². The van der Waals surface area contributed by atoms with Gasteiger partial charge in [-0.3, -0.25) is 19.3 Å². The molecule has 2 aromatic rings. The van der Waals surface area contributed by atoms with Crippen molar-refractivity contribution >= 4 is 17.3 Å². The summed E-state index contributed by atoms with van der Waals surface area (Å²) in [5.41, 5.74) is 2.35. The molecule has 3 heterocycles. The zero-order chi connectivity index (χ0) is 16.9. The second-order valence-corrected chi connectivity index (χ2v) is 7.08. The standard InChI is InChI=1S/C17H24N4O2S/c1-19-11-14(17(18-19)15-5-3-10-24-15)12-20-6-4-7-21(9-8-20)13-16(22)23-2/h3,5,10-11H,4,6-9,12-13H2,1-2H3. The minimum atomic E-state index is -0.157. The summed E-state index contributed by atoms with van der Waals surface area (Å²) >= 11 is 1.73. The Balaban J connectivity index is 1.64. The summed E-state index contributed by atoms with van der Waals surface area (Å²) in [5, 5.41) is 6.72. The molecular formula is C17H24N4O2S. The van der Waals surface area contributed by atoms with Crippen LogP contribution >= 0.6 is 11.3 Å². The van der Waals surface area contributed by atoms with Crippen molar-refractivity contribution in [3.05, 3.63) is 29.3 Å². The summed E-state index contributed by atoms with van der Waals surface area (Å²) in [5.74, 6) is -0.157. The molecule has 1 aliphatic heterocycles. The molecule has 0 radical (unpaired) electrons. The molecule has 130 valence electrons. The van der Waals surface area contributed by atoms with Crippen LogP contribution in [-0.2, 0) is 23.1 Å². The Morgan fingerprint density at radius 3 is 2.83 bits per heavy atom. The minimum absolute atomic E-state index is 0.157. The molecule has 1 fully saturated rings. The Labute approximate surface area is 146 Å². The van der Waals surface area contributed by atoms with Gasteiger partial charge in [-0.15, -0.1) is 11.3 Å². The highest BCUT2D eigenvalue weighted by Crippen LogP contribution is 2.27. The third kappa shape index (κ3) is 4.23. The van der Waals surface area contributed by atoms with Gasteiger partial charge in [0.25, 0.3) is 0 Å². The summed E-state index contributed by atoms with van der Waals surface area (Å²) in [6.07, 6.45) is 3.18. The number of thiophene rings is 1. The van der Waals surface area contributed by atoms with Gasteiger partial charge < -0.3 is 4.74 Å². The van der Waals surface area contributed by atoms with Gasteiger partial charge in [0, 0.05) is 45.0 Å². The van der Waals surface area contributed by atoms with Crippen molar-refractivity contribution in [2.24, 2.45) is 7.05 Å². The molecule has 2 aromatic heterocycles. The lowest BCUT2D eigenvalue weighted by atomic mass is 10.2. The van der Waals surface area contributed by atoms with Crippen LogP contribution in [-0.4, -0.2) is 65.4 Å². The lowest BCUT2D eigenvalue weighted by Crippen LogP contribution is -2.34. The lowest BCUT2D eigenvalue weighted by Gasteiger charge is -2.20. The number of hydrogen-bond acceptors (Lipinski definition) is 6. The topological polar surface area (TPSA) is 50.6 Å². The van der Waals surface area contributed by atoms with Gasteiger partial charge >= 0.3 is 5.97 Å². The number of aromatic nitrogens is 2. The van der Waals surface area contributed by atoms with Gasteiger partial charge in [0.05, 0.1) is 18.5 Å². The average Bonchev–Trinajstić information content (AvgIpc) is 3.15. The Morgan fingerprint density at radius 2 is 2.08 bits per heavy atom. The number of aryl methyl sites for hydroxylation is 1. The average molecular weight is 348 g/mol. The molecule has 1 saturated heterocycles. The first kappa shape index (κ1) is 17.1. The first-order valence-corrected chi connectivity index (χ1v) is 9.11. The van der Waals surface area contributed by atoms with E-state index in [1.807, 2.05) is 11.7 Å². The van der Waals surface area contributed by atoms with Crippen LogP contribution in [0.5, 0.6) is 0 Å². The summed E-state index contributed by atoms with van der Waals surface area (Å²) in [6, 6.07) is 4.19. The number of rotatable bonds is 5. The fourth-order valence-electron chi connectivity index (χ4n) is 3.10. The van der Waals surface area contributed by atoms with Crippen molar-refractivity contribution < 1.29 is 9.53 Å². The maximum atomic E-state index is 11.5. The second kappa shape index (κ2) is 7.92. The molecule has 3 rings (SSSR count). The zero-order valence-corrected chi connectivity index (χ0v) is 15.1. The molecule has 6 nitrogen and oxygen atoms in total. The Hall–Kier alpha value is -1.70. The number of carbonyl (C=O) groups is 1. The van der Waals surface area contributed by atoms with E-state index in [2.05, 4.69) is 38.6 Å². The van der Waals surface area contributed by atoms with Crippen molar-refractivity contribution in [1.29, 1.82) is 0 Å². The molecule has 0 aliphatic carbocycles. The molecule has 24 heavy (non-hydrogen) atoms. The van der Waals surface area contributed by atoms with Gasteiger partial charge in [-0.25, -0.2) is 0 Å². The highest BCUT2D eigenvalue weighted by atomic mass is 32.1. The van der Waals surface area contributed by atoms with Crippen LogP contribution in [0.4, 0.5) is 0 Å². The van der Waals surface area contributed by atoms with E-state index in [1.165, 1.54) is 17.6 Å². The van der Waals surface area contributed by atoms with Crippen molar-refractivity contribution in [3.63, 3.8) is 0 Å². The quantitative estimate of drug-likeness (QED) is 0.772. The summed E-state index contributed by atoms with van der Waals surface area (Å²) in [4.78, 5) is 17.3. The number of esters is 1. The maximum absolute atomic E-state index is 11.5. The van der Waals surface area contributed by atoms with Gasteiger partial charge in [0.2, 0.25) is 0 Å². The maximum Gasteiger partial charge on any atom is 0.319 e. The highest BCUT2D eigenvalue weighted by molar-refractivity contribution is 7.13. The SMILES string of the molecule is COC(=O)CN1CCCN(Cc2cn(C)nc2-c2cccs2)CC1. The molecule has 0 N–H and O–H groups in total. The molecule has 1 aliphatic rings. The summed E-state index contributed by atoms with van der Waals surface area (Å²) < 4.78 is 6.67. The molecule has 0 spiro atoms. The second-order valence-electron chi connectivity index (χ2n) is 6.14. The summed E-state index contributed by atoms with van der Waals surface area (Å²) in [7, 11) is 3.42. The van der Waals surface area contributed by atoms with Crippen molar-refractivity contribution in [2.45, 2.75) is 13.0 Å². The van der Waals surface area contributed by atoms with Gasteiger partial charge in [-0.05, 0) is 24.4 Å². The number of hydrogen-bond donors (Lipinski definition) is 0. The molecule has 0 unspecified atom stereocenters. The number of ether oxygens (including phenoxy) is 1. The lowest BCUT2D eigenvalue weighted by molar-refractivity contribution is -0.141. The van der Waals surface area contributed by atoms with Gasteiger partial charge in [0.15, 0.2) is 0 Å². The molecule has 7 heteroatoms. The van der Waals surface area contributed by atoms with E-state index in [1.54, 1.807) is 11.3 Å². The van der Waals surface area contributed by atoms with E-state index >= 15 is 0 Å². The predicted octanol–water partition coefficient (Wildman–Crippen LogP) is 1.83. The van der Waals surface area contributed by atoms with Crippen LogP contribution in [0.1, 0.15) is 12.0 Å². The molecule has 0 atom stereocenters. The van der Waals surface area contributed by atoms with E-state index in [-0.39, 0.29) is 5.97 Å². The van der Waals surface area contributed by atoms with Crippen LogP contribution in [0.15, 0.2) is 23.7 Å². The van der Waals surface area contributed by atoms with Crippen molar-refractivity contribution in [2.75, 3.05) is 39.8 Å². The smallest absolute Gasteiger partial charge is 0.319 e. The van der Waals surface area contributed by atoms with E-state index in [4.69, 9.17) is 4.74 Å². The van der Waals surface area contributed by atoms with E-state index in [0.717, 1.165) is 44.8 Å². The monoisotopic (exact) mass is 348 g/mol. The molecular weight excluding hydrogens is 324 g/mol. The Kier molecular flexibility index (Phi) is 5.65. The first-order chi connectivity index (χ1) is 11.7. The third-order valence-corrected chi connectivity index (χ3v) is 5.19. The van der Waals surface area contributed by atoms with Crippen LogP contribution in [0.2, 0.25) is 0 Å². The fraction of sp³-hybridized carbons (Fsp3) is 0.529. The highest BCUT2D eigenvalue weighted by Gasteiger charge is 2.19. The third-order valence-electron chi connectivity index (χ3n) is 4.31. The van der Waals surface area contributed by atoms with Crippen molar-refractivity contribution in [3.8, 4) is 10.6 Å².